The van der Waals surface area contributed by atoms with E-state index >= 15 is 0 Å². The largest absolute Gasteiger partial charge is 0.493 e. The molecule has 0 saturated carbocycles. The van der Waals surface area contributed by atoms with Crippen LogP contribution in [0.3, 0.4) is 0 Å². The van der Waals surface area contributed by atoms with Crippen molar-refractivity contribution in [2.75, 3.05) is 20.3 Å². The molecule has 0 radical (unpaired) electrons. The van der Waals surface area contributed by atoms with Crippen LogP contribution in [0.4, 0.5) is 0 Å². The minimum atomic E-state index is 0.583. The molecule has 0 aliphatic rings. The maximum Gasteiger partial charge on any atom is 0.125 e. The highest BCUT2D eigenvalue weighted by Crippen LogP contribution is 2.28. The number of aryl methyl sites for hydroxylation is 3. The third-order valence-electron chi connectivity index (χ3n) is 4.30. The van der Waals surface area contributed by atoms with Gasteiger partial charge in [-0.3, -0.25) is 4.98 Å². The first-order chi connectivity index (χ1) is 13.5. The Balaban J connectivity index is 1.85. The van der Waals surface area contributed by atoms with Gasteiger partial charge in [0.05, 0.1) is 12.3 Å². The van der Waals surface area contributed by atoms with Crippen molar-refractivity contribution in [1.29, 1.82) is 0 Å². The van der Waals surface area contributed by atoms with Crippen molar-refractivity contribution >= 4 is 5.71 Å². The van der Waals surface area contributed by atoms with Crippen LogP contribution in [-0.4, -0.2) is 31.0 Å². The first-order valence-electron chi connectivity index (χ1n) is 9.56. The Morgan fingerprint density at radius 1 is 1.14 bits per heavy atom. The summed E-state index contributed by atoms with van der Waals surface area (Å²) in [4.78, 5) is 9.21. The number of hydrogen-bond acceptors (Lipinski definition) is 5. The van der Waals surface area contributed by atoms with Crippen molar-refractivity contribution in [2.45, 2.75) is 40.5 Å². The van der Waals surface area contributed by atoms with Gasteiger partial charge in [0.25, 0.3) is 0 Å². The van der Waals surface area contributed by atoms with Crippen molar-refractivity contribution < 1.29 is 14.3 Å². The molecule has 0 bridgehead atoms. The highest BCUT2D eigenvalue weighted by Gasteiger charge is 2.07. The van der Waals surface area contributed by atoms with Gasteiger partial charge >= 0.3 is 0 Å². The van der Waals surface area contributed by atoms with E-state index in [1.807, 2.05) is 50.4 Å². The molecule has 0 N–H and O–H groups in total. The number of aromatic nitrogens is 1. The fraction of sp³-hybridized carbons (Fsp3) is 0.391. The lowest BCUT2D eigenvalue weighted by molar-refractivity contribution is 0.213. The molecule has 5 nitrogen and oxygen atoms in total. The molecule has 2 rings (SSSR count). The fourth-order valence-electron chi connectivity index (χ4n) is 2.88. The van der Waals surface area contributed by atoms with Crippen molar-refractivity contribution in [1.82, 2.24) is 4.98 Å². The van der Waals surface area contributed by atoms with E-state index in [2.05, 4.69) is 30.1 Å². The molecular weight excluding hydrogens is 352 g/mol. The highest BCUT2D eigenvalue weighted by atomic mass is 16.6. The number of hydrogen-bond donors (Lipinski definition) is 0. The Morgan fingerprint density at radius 3 is 2.50 bits per heavy atom. The van der Waals surface area contributed by atoms with Crippen LogP contribution in [-0.2, 0) is 11.3 Å². The Labute approximate surface area is 168 Å². The predicted octanol–water partition coefficient (Wildman–Crippen LogP) is 5.04. The summed E-state index contributed by atoms with van der Waals surface area (Å²) in [5.41, 5.74) is 4.95. The fourth-order valence-corrected chi connectivity index (χ4v) is 2.88. The highest BCUT2D eigenvalue weighted by molar-refractivity contribution is 5.96. The smallest absolute Gasteiger partial charge is 0.125 e. The molecule has 0 spiro atoms. The van der Waals surface area contributed by atoms with Crippen LogP contribution in [0.1, 0.15) is 42.7 Å². The molecule has 0 fully saturated rings. The summed E-state index contributed by atoms with van der Waals surface area (Å²) < 4.78 is 11.8. The predicted molar refractivity (Wildman–Crippen MR) is 113 cm³/mol. The molecule has 0 aliphatic heterocycles. The molecule has 0 atom stereocenters. The molecular formula is C23H30N2O3. The lowest BCUT2D eigenvalue weighted by atomic mass is 10.1. The van der Waals surface area contributed by atoms with Crippen LogP contribution < -0.4 is 9.47 Å². The molecule has 0 aliphatic carbocycles. The molecule has 1 aromatic heterocycles. The Morgan fingerprint density at radius 2 is 1.89 bits per heavy atom. The Bertz CT molecular complexity index is 788. The van der Waals surface area contributed by atoms with E-state index in [0.29, 0.717) is 13.2 Å². The first kappa shape index (κ1) is 21.5. The second-order valence-corrected chi connectivity index (χ2v) is 6.63. The molecule has 0 saturated heterocycles. The first-order valence-corrected chi connectivity index (χ1v) is 9.56. The van der Waals surface area contributed by atoms with Crippen molar-refractivity contribution in [3.8, 4) is 11.5 Å². The molecule has 1 heterocycles. The number of pyridine rings is 1. The summed E-state index contributed by atoms with van der Waals surface area (Å²) in [5.74, 6) is 1.82. The van der Waals surface area contributed by atoms with Gasteiger partial charge in [0.2, 0.25) is 0 Å². The molecule has 150 valence electrons. The maximum atomic E-state index is 6.04. The third kappa shape index (κ3) is 6.41. The molecule has 2 aromatic rings. The SMILES string of the molecule is C/C=C/COc1cc(C)c(OCCCc2ccc(C(C)=NOC)nc2)c(C)c1. The molecule has 5 heteroatoms. The van der Waals surface area contributed by atoms with Crippen LogP contribution in [0.2, 0.25) is 0 Å². The van der Waals surface area contributed by atoms with Crippen LogP contribution >= 0.6 is 0 Å². The second kappa shape index (κ2) is 11.1. The normalized spacial score (nSPS) is 11.7. The molecule has 1 aromatic carbocycles. The number of benzene rings is 1. The lowest BCUT2D eigenvalue weighted by Crippen LogP contribution is -2.04. The van der Waals surface area contributed by atoms with Gasteiger partial charge in [0.15, 0.2) is 0 Å². The van der Waals surface area contributed by atoms with Gasteiger partial charge in [-0.25, -0.2) is 0 Å². The van der Waals surface area contributed by atoms with E-state index in [9.17, 15) is 0 Å². The van der Waals surface area contributed by atoms with Crippen LogP contribution in [0.5, 0.6) is 11.5 Å². The summed E-state index contributed by atoms with van der Waals surface area (Å²) in [6, 6.07) is 8.09. The Hall–Kier alpha value is -2.82. The monoisotopic (exact) mass is 382 g/mol. The Kier molecular flexibility index (Phi) is 8.53. The molecule has 0 amide bonds. The van der Waals surface area contributed by atoms with Gasteiger partial charge in [0, 0.05) is 6.20 Å². The number of allylic oxidation sites excluding steroid dienone is 1. The summed E-state index contributed by atoms with van der Waals surface area (Å²) in [7, 11) is 1.53. The number of nitrogens with zero attached hydrogens (tertiary/aromatic N) is 2. The number of ether oxygens (including phenoxy) is 2. The van der Waals surface area contributed by atoms with Gasteiger partial charge in [-0.05, 0) is 75.4 Å². The zero-order chi connectivity index (χ0) is 20.4. The van der Waals surface area contributed by atoms with Gasteiger partial charge in [-0.1, -0.05) is 23.4 Å². The zero-order valence-electron chi connectivity index (χ0n) is 17.5. The summed E-state index contributed by atoms with van der Waals surface area (Å²) in [5, 5.41) is 3.90. The van der Waals surface area contributed by atoms with E-state index in [1.54, 1.807) is 0 Å². The summed E-state index contributed by atoms with van der Waals surface area (Å²) >= 11 is 0. The van der Waals surface area contributed by atoms with Crippen LogP contribution in [0, 0.1) is 13.8 Å². The van der Waals surface area contributed by atoms with E-state index in [-0.39, 0.29) is 0 Å². The quantitative estimate of drug-likeness (QED) is 0.250. The summed E-state index contributed by atoms with van der Waals surface area (Å²) in [6.07, 6.45) is 7.69. The van der Waals surface area contributed by atoms with Gasteiger partial charge in [0.1, 0.15) is 30.9 Å². The minimum absolute atomic E-state index is 0.583. The van der Waals surface area contributed by atoms with Crippen molar-refractivity contribution in [3.63, 3.8) is 0 Å². The number of oxime groups is 1. The van der Waals surface area contributed by atoms with E-state index < -0.39 is 0 Å². The minimum Gasteiger partial charge on any atom is -0.493 e. The number of rotatable bonds is 10. The van der Waals surface area contributed by atoms with Crippen LogP contribution in [0.15, 0.2) is 47.8 Å². The van der Waals surface area contributed by atoms with Crippen molar-refractivity contribution in [2.24, 2.45) is 5.16 Å². The van der Waals surface area contributed by atoms with Gasteiger partial charge in [-0.2, -0.15) is 0 Å². The molecule has 0 unspecified atom stereocenters. The zero-order valence-corrected chi connectivity index (χ0v) is 17.5. The summed E-state index contributed by atoms with van der Waals surface area (Å²) in [6.45, 7) is 9.21. The average Bonchev–Trinajstić information content (AvgIpc) is 2.67. The van der Waals surface area contributed by atoms with E-state index in [1.165, 1.54) is 12.7 Å². The maximum absolute atomic E-state index is 6.04. The van der Waals surface area contributed by atoms with E-state index in [4.69, 9.17) is 14.3 Å². The lowest BCUT2D eigenvalue weighted by Gasteiger charge is -2.14. The van der Waals surface area contributed by atoms with E-state index in [0.717, 1.165) is 46.9 Å². The van der Waals surface area contributed by atoms with Crippen molar-refractivity contribution in [3.05, 3.63) is 65.0 Å². The van der Waals surface area contributed by atoms with Gasteiger partial charge in [-0.15, -0.1) is 0 Å². The topological polar surface area (TPSA) is 52.9 Å². The van der Waals surface area contributed by atoms with Gasteiger partial charge < -0.3 is 14.3 Å². The van der Waals surface area contributed by atoms with Crippen LogP contribution in [0.25, 0.3) is 0 Å². The second-order valence-electron chi connectivity index (χ2n) is 6.63. The standard InChI is InChI=1S/C23H30N2O3/c1-6-7-12-27-21-14-17(2)23(18(3)15-21)28-13-8-9-20-10-11-22(24-16-20)19(4)25-26-5/h6-7,10-11,14-16H,8-9,12-13H2,1-5H3/b7-6+,25-19?. The average molecular weight is 383 g/mol. The molecule has 28 heavy (non-hydrogen) atoms. The third-order valence-corrected chi connectivity index (χ3v) is 4.30.